The molecule has 4 nitrogen and oxygen atoms in total. The van der Waals surface area contributed by atoms with Crippen molar-refractivity contribution in [2.45, 2.75) is 25.2 Å². The Balaban J connectivity index is 1.40. The predicted molar refractivity (Wildman–Crippen MR) is 81.5 cm³/mol. The summed E-state index contributed by atoms with van der Waals surface area (Å²) in [6.07, 6.45) is -2.19. The van der Waals surface area contributed by atoms with Crippen molar-refractivity contribution < 1.29 is 13.2 Å². The van der Waals surface area contributed by atoms with Crippen LogP contribution in [0.15, 0.2) is 23.7 Å². The lowest BCUT2D eigenvalue weighted by Gasteiger charge is -2.46. The molecule has 0 radical (unpaired) electrons. The van der Waals surface area contributed by atoms with Crippen molar-refractivity contribution in [3.05, 3.63) is 39.8 Å². The number of rotatable bonds is 2. The van der Waals surface area contributed by atoms with Crippen molar-refractivity contribution >= 4 is 17.3 Å². The van der Waals surface area contributed by atoms with E-state index in [1.54, 1.807) is 11.3 Å². The van der Waals surface area contributed by atoms with E-state index in [0.717, 1.165) is 25.6 Å². The molecule has 2 aromatic heterocycles. The van der Waals surface area contributed by atoms with Gasteiger partial charge in [-0.3, -0.25) is 4.90 Å². The predicted octanol–water partition coefficient (Wildman–Crippen LogP) is 2.80. The third kappa shape index (κ3) is 2.81. The standard InChI is InChI=1S/C15H15F3N4S/c16-15(17,18)13-1-4-19-14(20-13)22-8-11(9-22)21-5-2-12-10(7-21)3-6-23-12/h1,3-4,6,11H,2,5,7-9H2. The minimum Gasteiger partial charge on any atom is -0.338 e. The molecular weight excluding hydrogens is 325 g/mol. The zero-order valence-corrected chi connectivity index (χ0v) is 13.1. The molecule has 0 bridgehead atoms. The van der Waals surface area contributed by atoms with Gasteiger partial charge in [-0.1, -0.05) is 0 Å². The average molecular weight is 340 g/mol. The Morgan fingerprint density at radius 3 is 2.83 bits per heavy atom. The summed E-state index contributed by atoms with van der Waals surface area (Å²) >= 11 is 1.80. The summed E-state index contributed by atoms with van der Waals surface area (Å²) in [4.78, 5) is 13.3. The van der Waals surface area contributed by atoms with E-state index in [1.165, 1.54) is 16.6 Å². The smallest absolute Gasteiger partial charge is 0.338 e. The monoisotopic (exact) mass is 340 g/mol. The van der Waals surface area contributed by atoms with Crippen LogP contribution in [0.3, 0.4) is 0 Å². The summed E-state index contributed by atoms with van der Waals surface area (Å²) in [5.74, 6) is 0.171. The number of anilines is 1. The lowest BCUT2D eigenvalue weighted by molar-refractivity contribution is -0.141. The van der Waals surface area contributed by atoms with E-state index in [-0.39, 0.29) is 5.95 Å². The SMILES string of the molecule is FC(F)(F)c1ccnc(N2CC(N3CCc4sccc4C3)C2)n1. The van der Waals surface area contributed by atoms with Crippen molar-refractivity contribution in [2.75, 3.05) is 24.5 Å². The molecule has 2 aliphatic rings. The summed E-state index contributed by atoms with van der Waals surface area (Å²) in [5.41, 5.74) is 0.502. The molecule has 1 saturated heterocycles. The molecule has 0 aromatic carbocycles. The number of aromatic nitrogens is 2. The van der Waals surface area contributed by atoms with Gasteiger partial charge in [0.1, 0.15) is 5.69 Å². The Hall–Kier alpha value is -1.67. The third-order valence-electron chi connectivity index (χ3n) is 4.43. The minimum absolute atomic E-state index is 0.171. The maximum Gasteiger partial charge on any atom is 0.433 e. The highest BCUT2D eigenvalue weighted by Gasteiger charge is 2.37. The van der Waals surface area contributed by atoms with Gasteiger partial charge in [0, 0.05) is 43.3 Å². The molecule has 8 heteroatoms. The highest BCUT2D eigenvalue weighted by molar-refractivity contribution is 7.10. The Bertz CT molecular complexity index is 709. The fourth-order valence-electron chi connectivity index (χ4n) is 3.09. The lowest BCUT2D eigenvalue weighted by Crippen LogP contribution is -2.60. The number of thiophene rings is 1. The molecule has 0 aliphatic carbocycles. The van der Waals surface area contributed by atoms with Crippen molar-refractivity contribution in [3.8, 4) is 0 Å². The van der Waals surface area contributed by atoms with E-state index in [9.17, 15) is 13.2 Å². The van der Waals surface area contributed by atoms with Crippen LogP contribution in [0.25, 0.3) is 0 Å². The van der Waals surface area contributed by atoms with Crippen LogP contribution < -0.4 is 4.90 Å². The topological polar surface area (TPSA) is 32.3 Å². The van der Waals surface area contributed by atoms with Gasteiger partial charge in [0.15, 0.2) is 0 Å². The first kappa shape index (κ1) is 14.9. The number of fused-ring (bicyclic) bond motifs is 1. The second-order valence-electron chi connectivity index (χ2n) is 5.89. The normalized spacial score (nSPS) is 19.5. The Labute approximate surface area is 135 Å². The van der Waals surface area contributed by atoms with E-state index in [4.69, 9.17) is 0 Å². The number of hydrogen-bond acceptors (Lipinski definition) is 5. The van der Waals surface area contributed by atoms with Crippen LogP contribution in [0.2, 0.25) is 0 Å². The number of hydrogen-bond donors (Lipinski definition) is 0. The molecule has 0 atom stereocenters. The molecular formula is C15H15F3N4S. The second-order valence-corrected chi connectivity index (χ2v) is 6.89. The van der Waals surface area contributed by atoms with Gasteiger partial charge >= 0.3 is 6.18 Å². The Kier molecular flexibility index (Phi) is 3.53. The maximum atomic E-state index is 12.7. The average Bonchev–Trinajstić information content (AvgIpc) is 2.93. The molecule has 4 heterocycles. The number of alkyl halides is 3. The van der Waals surface area contributed by atoms with E-state index >= 15 is 0 Å². The first-order valence-electron chi connectivity index (χ1n) is 7.45. The highest BCUT2D eigenvalue weighted by Crippen LogP contribution is 2.31. The lowest BCUT2D eigenvalue weighted by atomic mass is 10.0. The zero-order chi connectivity index (χ0) is 16.0. The largest absolute Gasteiger partial charge is 0.433 e. The zero-order valence-electron chi connectivity index (χ0n) is 12.3. The number of nitrogens with zero attached hydrogens (tertiary/aromatic N) is 4. The molecule has 122 valence electrons. The molecule has 0 saturated carbocycles. The van der Waals surface area contributed by atoms with Gasteiger partial charge in [0.05, 0.1) is 0 Å². The first-order valence-corrected chi connectivity index (χ1v) is 8.33. The van der Waals surface area contributed by atoms with E-state index in [1.807, 2.05) is 4.90 Å². The molecule has 23 heavy (non-hydrogen) atoms. The molecule has 2 aromatic rings. The van der Waals surface area contributed by atoms with Gasteiger partial charge in [0.2, 0.25) is 5.95 Å². The summed E-state index contributed by atoms with van der Waals surface area (Å²) in [7, 11) is 0. The van der Waals surface area contributed by atoms with Crippen molar-refractivity contribution in [2.24, 2.45) is 0 Å². The van der Waals surface area contributed by atoms with E-state index in [2.05, 4.69) is 26.3 Å². The fourth-order valence-corrected chi connectivity index (χ4v) is 3.98. The van der Waals surface area contributed by atoms with Crippen LogP contribution >= 0.6 is 11.3 Å². The van der Waals surface area contributed by atoms with Gasteiger partial charge in [-0.05, 0) is 29.5 Å². The van der Waals surface area contributed by atoms with Gasteiger partial charge < -0.3 is 4.90 Å². The summed E-state index contributed by atoms with van der Waals surface area (Å²) in [6, 6.07) is 3.43. The molecule has 0 amide bonds. The molecule has 0 unspecified atom stereocenters. The fraction of sp³-hybridized carbons (Fsp3) is 0.467. The minimum atomic E-state index is -4.43. The Morgan fingerprint density at radius 1 is 1.22 bits per heavy atom. The van der Waals surface area contributed by atoms with Gasteiger partial charge in [0.25, 0.3) is 0 Å². The van der Waals surface area contributed by atoms with Crippen molar-refractivity contribution in [1.29, 1.82) is 0 Å². The Morgan fingerprint density at radius 2 is 2.04 bits per heavy atom. The summed E-state index contributed by atoms with van der Waals surface area (Å²) < 4.78 is 38.1. The summed E-state index contributed by atoms with van der Waals surface area (Å²) in [6.45, 7) is 3.30. The molecule has 2 aliphatic heterocycles. The van der Waals surface area contributed by atoms with Gasteiger partial charge in [-0.25, -0.2) is 9.97 Å². The van der Waals surface area contributed by atoms with E-state index < -0.39 is 11.9 Å². The van der Waals surface area contributed by atoms with Crippen LogP contribution in [0.1, 0.15) is 16.1 Å². The second kappa shape index (κ2) is 5.45. The third-order valence-corrected chi connectivity index (χ3v) is 5.46. The molecule has 0 N–H and O–H groups in total. The van der Waals surface area contributed by atoms with Crippen molar-refractivity contribution in [1.82, 2.24) is 14.9 Å². The number of halogens is 3. The van der Waals surface area contributed by atoms with Gasteiger partial charge in [-0.2, -0.15) is 13.2 Å². The molecule has 0 spiro atoms. The van der Waals surface area contributed by atoms with Crippen LogP contribution in [-0.2, 0) is 19.1 Å². The van der Waals surface area contributed by atoms with Gasteiger partial charge in [-0.15, -0.1) is 11.3 Å². The van der Waals surface area contributed by atoms with Crippen LogP contribution in [0.4, 0.5) is 19.1 Å². The van der Waals surface area contributed by atoms with Crippen molar-refractivity contribution in [3.63, 3.8) is 0 Å². The quantitative estimate of drug-likeness (QED) is 0.842. The maximum absolute atomic E-state index is 12.7. The summed E-state index contributed by atoms with van der Waals surface area (Å²) in [5, 5.41) is 2.12. The molecule has 4 rings (SSSR count). The molecule has 1 fully saturated rings. The first-order chi connectivity index (χ1) is 11.0. The highest BCUT2D eigenvalue weighted by atomic mass is 32.1. The van der Waals surface area contributed by atoms with Crippen LogP contribution in [-0.4, -0.2) is 40.5 Å². The van der Waals surface area contributed by atoms with E-state index in [0.29, 0.717) is 19.1 Å². The van der Waals surface area contributed by atoms with Crippen LogP contribution in [0.5, 0.6) is 0 Å². The van der Waals surface area contributed by atoms with Crippen LogP contribution in [0, 0.1) is 0 Å².